The van der Waals surface area contributed by atoms with Gasteiger partial charge in [0.15, 0.2) is 0 Å². The average Bonchev–Trinajstić information content (AvgIpc) is 2.93. The molecule has 0 radical (unpaired) electrons. The molecule has 1 aliphatic heterocycles. The van der Waals surface area contributed by atoms with Gasteiger partial charge in [0, 0.05) is 29.7 Å². The molecule has 0 spiro atoms. The van der Waals surface area contributed by atoms with E-state index in [1.165, 1.54) is 0 Å². The van der Waals surface area contributed by atoms with Gasteiger partial charge in [-0.2, -0.15) is 0 Å². The number of halogens is 1. The van der Waals surface area contributed by atoms with Gasteiger partial charge in [0.05, 0.1) is 16.8 Å². The zero-order valence-corrected chi connectivity index (χ0v) is 16.9. The standard InChI is InChI=1S/C21H20BrN3O2/c1-3-24-18-10-9-13(22)11-15(18)16(21(24)27)12-19-23-17-8-6-5-7-14(17)20(26)25(19)4-2/h5-11,16H,3-4,12H2,1-2H3/t16-/m1/s1. The highest BCUT2D eigenvalue weighted by Gasteiger charge is 2.37. The highest BCUT2D eigenvalue weighted by Crippen LogP contribution is 2.40. The SMILES string of the molecule is CCN1C(=O)[C@H](Cc2nc3ccccc3c(=O)n2CC)c2cc(Br)ccc21. The lowest BCUT2D eigenvalue weighted by molar-refractivity contribution is -0.119. The first-order chi connectivity index (χ1) is 13.0. The van der Waals surface area contributed by atoms with Crippen molar-refractivity contribution in [2.75, 3.05) is 11.4 Å². The second kappa shape index (κ2) is 6.93. The van der Waals surface area contributed by atoms with Crippen LogP contribution in [0.1, 0.15) is 31.2 Å². The first kappa shape index (κ1) is 17.9. The summed E-state index contributed by atoms with van der Waals surface area (Å²) in [5.74, 6) is 0.391. The van der Waals surface area contributed by atoms with Crippen molar-refractivity contribution in [1.29, 1.82) is 0 Å². The molecule has 2 heterocycles. The summed E-state index contributed by atoms with van der Waals surface area (Å²) in [7, 11) is 0. The summed E-state index contributed by atoms with van der Waals surface area (Å²) < 4.78 is 2.62. The number of anilines is 1. The van der Waals surface area contributed by atoms with Gasteiger partial charge in [-0.15, -0.1) is 0 Å². The molecular weight excluding hydrogens is 406 g/mol. The Morgan fingerprint density at radius 3 is 2.59 bits per heavy atom. The molecule has 1 amide bonds. The Bertz CT molecular complexity index is 1110. The van der Waals surface area contributed by atoms with Crippen molar-refractivity contribution in [1.82, 2.24) is 9.55 Å². The Morgan fingerprint density at radius 2 is 1.85 bits per heavy atom. The highest BCUT2D eigenvalue weighted by atomic mass is 79.9. The number of rotatable bonds is 4. The van der Waals surface area contributed by atoms with E-state index in [1.807, 2.05) is 55.1 Å². The monoisotopic (exact) mass is 425 g/mol. The number of likely N-dealkylation sites (N-methyl/N-ethyl adjacent to an activating group) is 1. The molecule has 3 aromatic rings. The van der Waals surface area contributed by atoms with Crippen LogP contribution in [0.2, 0.25) is 0 Å². The zero-order valence-electron chi connectivity index (χ0n) is 15.3. The molecule has 0 aliphatic carbocycles. The van der Waals surface area contributed by atoms with Crippen LogP contribution in [-0.2, 0) is 17.8 Å². The predicted octanol–water partition coefficient (Wildman–Crippen LogP) is 3.87. The number of nitrogens with zero attached hydrogens (tertiary/aromatic N) is 3. The van der Waals surface area contributed by atoms with Crippen molar-refractivity contribution in [3.63, 3.8) is 0 Å². The molecule has 5 nitrogen and oxygen atoms in total. The van der Waals surface area contributed by atoms with Gasteiger partial charge in [0.25, 0.3) is 5.56 Å². The van der Waals surface area contributed by atoms with Crippen LogP contribution in [0.3, 0.4) is 0 Å². The van der Waals surface area contributed by atoms with Crippen molar-refractivity contribution < 1.29 is 4.79 Å². The molecule has 138 valence electrons. The summed E-state index contributed by atoms with van der Waals surface area (Å²) in [6, 6.07) is 13.3. The lowest BCUT2D eigenvalue weighted by Gasteiger charge is -2.16. The Balaban J connectivity index is 1.84. The maximum Gasteiger partial charge on any atom is 0.261 e. The first-order valence-electron chi connectivity index (χ1n) is 9.14. The van der Waals surface area contributed by atoms with Gasteiger partial charge in [-0.1, -0.05) is 28.1 Å². The first-order valence-corrected chi connectivity index (χ1v) is 9.93. The normalized spacial score (nSPS) is 16.2. The van der Waals surface area contributed by atoms with Crippen LogP contribution in [0.4, 0.5) is 5.69 Å². The number of benzene rings is 2. The number of hydrogen-bond acceptors (Lipinski definition) is 3. The molecule has 27 heavy (non-hydrogen) atoms. The van der Waals surface area contributed by atoms with Crippen LogP contribution >= 0.6 is 15.9 Å². The molecule has 0 unspecified atom stereocenters. The minimum Gasteiger partial charge on any atom is -0.312 e. The summed E-state index contributed by atoms with van der Waals surface area (Å²) in [5.41, 5.74) is 2.56. The molecule has 0 N–H and O–H groups in total. The quantitative estimate of drug-likeness (QED) is 0.637. The van der Waals surface area contributed by atoms with E-state index in [-0.39, 0.29) is 17.4 Å². The fourth-order valence-corrected chi connectivity index (χ4v) is 4.27. The summed E-state index contributed by atoms with van der Waals surface area (Å²) in [6.45, 7) is 5.05. The van der Waals surface area contributed by atoms with Gasteiger partial charge < -0.3 is 4.90 Å². The van der Waals surface area contributed by atoms with E-state index in [0.717, 1.165) is 15.7 Å². The third-order valence-corrected chi connectivity index (χ3v) is 5.67. The molecule has 0 saturated heterocycles. The van der Waals surface area contributed by atoms with E-state index in [4.69, 9.17) is 4.98 Å². The Morgan fingerprint density at radius 1 is 1.07 bits per heavy atom. The number of carbonyl (C=O) groups excluding carboxylic acids is 1. The second-order valence-electron chi connectivity index (χ2n) is 6.64. The molecular formula is C21H20BrN3O2. The van der Waals surface area contributed by atoms with Crippen molar-refractivity contribution >= 4 is 38.4 Å². The zero-order chi connectivity index (χ0) is 19.1. The fraction of sp³-hybridized carbons (Fsp3) is 0.286. The molecule has 2 aromatic carbocycles. The van der Waals surface area contributed by atoms with E-state index in [1.54, 1.807) is 10.6 Å². The molecule has 1 atom stereocenters. The number of carbonyl (C=O) groups is 1. The van der Waals surface area contributed by atoms with E-state index < -0.39 is 0 Å². The van der Waals surface area contributed by atoms with Crippen molar-refractivity contribution in [3.8, 4) is 0 Å². The molecule has 1 aromatic heterocycles. The van der Waals surface area contributed by atoms with Crippen LogP contribution < -0.4 is 10.5 Å². The van der Waals surface area contributed by atoms with Crippen LogP contribution in [-0.4, -0.2) is 22.0 Å². The summed E-state index contributed by atoms with van der Waals surface area (Å²) >= 11 is 3.51. The van der Waals surface area contributed by atoms with Gasteiger partial charge in [-0.3, -0.25) is 14.2 Å². The minimum atomic E-state index is -0.330. The molecule has 4 rings (SSSR count). The van der Waals surface area contributed by atoms with E-state index in [2.05, 4.69) is 15.9 Å². The number of para-hydroxylation sites is 1. The van der Waals surface area contributed by atoms with Gasteiger partial charge in [0.2, 0.25) is 5.91 Å². The van der Waals surface area contributed by atoms with Crippen molar-refractivity contribution in [3.05, 3.63) is 68.7 Å². The number of aromatic nitrogens is 2. The lowest BCUT2D eigenvalue weighted by atomic mass is 9.96. The fourth-order valence-electron chi connectivity index (χ4n) is 3.89. The minimum absolute atomic E-state index is 0.0506. The third kappa shape index (κ3) is 2.88. The van der Waals surface area contributed by atoms with Gasteiger partial charge in [-0.25, -0.2) is 4.98 Å². The topological polar surface area (TPSA) is 55.2 Å². The van der Waals surface area contributed by atoms with Crippen LogP contribution in [0.5, 0.6) is 0 Å². The smallest absolute Gasteiger partial charge is 0.261 e. The van der Waals surface area contributed by atoms with Crippen LogP contribution in [0, 0.1) is 0 Å². The average molecular weight is 426 g/mol. The second-order valence-corrected chi connectivity index (χ2v) is 7.55. The molecule has 0 saturated carbocycles. The van der Waals surface area contributed by atoms with E-state index in [9.17, 15) is 9.59 Å². The number of fused-ring (bicyclic) bond motifs is 2. The van der Waals surface area contributed by atoms with Crippen molar-refractivity contribution in [2.24, 2.45) is 0 Å². The largest absolute Gasteiger partial charge is 0.312 e. The maximum atomic E-state index is 13.1. The summed E-state index contributed by atoms with van der Waals surface area (Å²) in [6.07, 6.45) is 0.409. The van der Waals surface area contributed by atoms with Gasteiger partial charge >= 0.3 is 0 Å². The Labute approximate surface area is 165 Å². The van der Waals surface area contributed by atoms with E-state index in [0.29, 0.717) is 36.2 Å². The Kier molecular flexibility index (Phi) is 4.60. The molecule has 6 heteroatoms. The molecule has 0 bridgehead atoms. The Hall–Kier alpha value is -2.47. The number of amides is 1. The summed E-state index contributed by atoms with van der Waals surface area (Å²) in [5, 5.41) is 0.610. The van der Waals surface area contributed by atoms with E-state index >= 15 is 0 Å². The maximum absolute atomic E-state index is 13.1. The van der Waals surface area contributed by atoms with Crippen LogP contribution in [0.25, 0.3) is 10.9 Å². The molecule has 0 fully saturated rings. The van der Waals surface area contributed by atoms with Gasteiger partial charge in [-0.05, 0) is 49.7 Å². The molecule has 1 aliphatic rings. The number of hydrogen-bond donors (Lipinski definition) is 0. The lowest BCUT2D eigenvalue weighted by Crippen LogP contribution is -2.31. The third-order valence-electron chi connectivity index (χ3n) is 5.18. The van der Waals surface area contributed by atoms with Gasteiger partial charge in [0.1, 0.15) is 5.82 Å². The van der Waals surface area contributed by atoms with Crippen LogP contribution in [0.15, 0.2) is 51.7 Å². The summed E-state index contributed by atoms with van der Waals surface area (Å²) in [4.78, 5) is 32.5. The predicted molar refractivity (Wildman–Crippen MR) is 110 cm³/mol. The van der Waals surface area contributed by atoms with Crippen molar-refractivity contribution in [2.45, 2.75) is 32.7 Å². The highest BCUT2D eigenvalue weighted by molar-refractivity contribution is 9.10.